The van der Waals surface area contributed by atoms with E-state index in [0.29, 0.717) is 12.3 Å². The van der Waals surface area contributed by atoms with Gasteiger partial charge in [0, 0.05) is 11.8 Å². The van der Waals surface area contributed by atoms with Gasteiger partial charge in [0.2, 0.25) is 0 Å². The van der Waals surface area contributed by atoms with Crippen molar-refractivity contribution in [1.29, 1.82) is 0 Å². The van der Waals surface area contributed by atoms with Crippen molar-refractivity contribution in [1.82, 2.24) is 0 Å². The maximum absolute atomic E-state index is 10.8. The fourth-order valence-electron chi connectivity index (χ4n) is 0.487. The Bertz CT molecular complexity index is 161. The van der Waals surface area contributed by atoms with Crippen molar-refractivity contribution in [3.05, 3.63) is 11.8 Å². The van der Waals surface area contributed by atoms with Crippen LogP contribution in [0.2, 0.25) is 0 Å². The van der Waals surface area contributed by atoms with Gasteiger partial charge in [-0.15, -0.1) is 0 Å². The zero-order valence-corrected chi connectivity index (χ0v) is 7.26. The number of rotatable bonds is 3. The lowest BCUT2D eigenvalue weighted by Gasteiger charge is -2.03. The molecule has 0 aromatic rings. The van der Waals surface area contributed by atoms with Crippen LogP contribution in [0.15, 0.2) is 11.8 Å². The highest BCUT2D eigenvalue weighted by Gasteiger charge is 2.01. The Balaban J connectivity index is 3.97. The van der Waals surface area contributed by atoms with Crippen LogP contribution in [0.25, 0.3) is 0 Å². The van der Waals surface area contributed by atoms with Crippen molar-refractivity contribution in [3.63, 3.8) is 0 Å². The van der Waals surface area contributed by atoms with Crippen LogP contribution in [0.1, 0.15) is 20.8 Å². The molecule has 0 aromatic carbocycles. The molecule has 0 saturated heterocycles. The first-order chi connectivity index (χ1) is 5.07. The van der Waals surface area contributed by atoms with E-state index in [2.05, 4.69) is 4.74 Å². The van der Waals surface area contributed by atoms with Gasteiger partial charge >= 0.3 is 5.97 Å². The minimum atomic E-state index is -0.362. The average molecular weight is 157 g/mol. The first-order valence-electron chi connectivity index (χ1n) is 3.71. The van der Waals surface area contributed by atoms with Crippen LogP contribution in [0.5, 0.6) is 0 Å². The molecule has 0 aromatic heterocycles. The van der Waals surface area contributed by atoms with Crippen LogP contribution in [0.4, 0.5) is 0 Å². The van der Waals surface area contributed by atoms with Crippen LogP contribution in [-0.4, -0.2) is 12.6 Å². The molecule has 11 heavy (non-hydrogen) atoms. The van der Waals surface area contributed by atoms with E-state index in [1.54, 1.807) is 6.92 Å². The molecule has 0 aliphatic heterocycles. The Labute approximate surface area is 67.2 Å². The van der Waals surface area contributed by atoms with Crippen molar-refractivity contribution in [2.45, 2.75) is 20.8 Å². The monoisotopic (exact) mass is 157 g/mol. The molecule has 0 aliphatic carbocycles. The molecule has 0 unspecified atom stereocenters. The second-order valence-electron chi connectivity index (χ2n) is 2.55. The summed E-state index contributed by atoms with van der Waals surface area (Å²) in [6, 6.07) is 0. The molecule has 0 amide bonds. The standard InChI is InChI=1S/C8H15NO2/c1-4-11-8(10)5-7(9)6(2)3/h5-6H,4,9H2,1-3H3/b7-5-. The lowest BCUT2D eigenvalue weighted by Crippen LogP contribution is -2.09. The van der Waals surface area contributed by atoms with Crippen molar-refractivity contribution in [2.24, 2.45) is 11.7 Å². The number of carbonyl (C=O) groups excluding carboxylic acids is 1. The van der Waals surface area contributed by atoms with Gasteiger partial charge in [-0.1, -0.05) is 13.8 Å². The van der Waals surface area contributed by atoms with Crippen LogP contribution >= 0.6 is 0 Å². The Morgan fingerprint density at radius 1 is 1.64 bits per heavy atom. The highest BCUT2D eigenvalue weighted by molar-refractivity contribution is 5.82. The first-order valence-corrected chi connectivity index (χ1v) is 3.71. The van der Waals surface area contributed by atoms with Gasteiger partial charge < -0.3 is 10.5 Å². The SMILES string of the molecule is CCOC(=O)/C=C(\N)C(C)C. The van der Waals surface area contributed by atoms with E-state index >= 15 is 0 Å². The second kappa shape index (κ2) is 4.77. The van der Waals surface area contributed by atoms with E-state index in [-0.39, 0.29) is 11.9 Å². The molecule has 0 fully saturated rings. The summed E-state index contributed by atoms with van der Waals surface area (Å²) < 4.78 is 4.67. The molecule has 2 N–H and O–H groups in total. The number of ether oxygens (including phenoxy) is 1. The molecule has 0 heterocycles. The van der Waals surface area contributed by atoms with Crippen LogP contribution in [0, 0.1) is 5.92 Å². The maximum Gasteiger partial charge on any atom is 0.332 e. The highest BCUT2D eigenvalue weighted by Crippen LogP contribution is 2.01. The quantitative estimate of drug-likeness (QED) is 0.492. The molecular weight excluding hydrogens is 142 g/mol. The third-order valence-electron chi connectivity index (χ3n) is 1.24. The van der Waals surface area contributed by atoms with Crippen molar-refractivity contribution in [3.8, 4) is 0 Å². The minimum Gasteiger partial charge on any atom is -0.463 e. The molecule has 0 bridgehead atoms. The van der Waals surface area contributed by atoms with Crippen LogP contribution in [-0.2, 0) is 9.53 Å². The van der Waals surface area contributed by atoms with Crippen molar-refractivity contribution < 1.29 is 9.53 Å². The number of hydrogen-bond acceptors (Lipinski definition) is 3. The highest BCUT2D eigenvalue weighted by atomic mass is 16.5. The Hall–Kier alpha value is -0.990. The summed E-state index contributed by atoms with van der Waals surface area (Å²) in [5, 5.41) is 0. The maximum atomic E-state index is 10.8. The van der Waals surface area contributed by atoms with Gasteiger partial charge in [-0.3, -0.25) is 0 Å². The summed E-state index contributed by atoms with van der Waals surface area (Å²) in [6.07, 6.45) is 1.33. The largest absolute Gasteiger partial charge is 0.463 e. The van der Waals surface area contributed by atoms with E-state index in [9.17, 15) is 4.79 Å². The normalized spacial score (nSPS) is 11.8. The topological polar surface area (TPSA) is 52.3 Å². The van der Waals surface area contributed by atoms with E-state index in [1.807, 2.05) is 13.8 Å². The summed E-state index contributed by atoms with van der Waals surface area (Å²) >= 11 is 0. The number of nitrogens with two attached hydrogens (primary N) is 1. The third-order valence-corrected chi connectivity index (χ3v) is 1.24. The second-order valence-corrected chi connectivity index (χ2v) is 2.55. The Morgan fingerprint density at radius 2 is 2.18 bits per heavy atom. The van der Waals surface area contributed by atoms with Crippen LogP contribution in [0.3, 0.4) is 0 Å². The zero-order valence-electron chi connectivity index (χ0n) is 7.26. The molecule has 0 atom stereocenters. The molecule has 0 rings (SSSR count). The van der Waals surface area contributed by atoms with E-state index in [0.717, 1.165) is 0 Å². The van der Waals surface area contributed by atoms with E-state index in [1.165, 1.54) is 6.08 Å². The van der Waals surface area contributed by atoms with E-state index in [4.69, 9.17) is 5.73 Å². The van der Waals surface area contributed by atoms with Gasteiger partial charge in [-0.2, -0.15) is 0 Å². The number of hydrogen-bond donors (Lipinski definition) is 1. The van der Waals surface area contributed by atoms with Gasteiger partial charge in [0.15, 0.2) is 0 Å². The summed E-state index contributed by atoms with van der Waals surface area (Å²) in [6.45, 7) is 5.99. The summed E-state index contributed by atoms with van der Waals surface area (Å²) in [5.41, 5.74) is 6.07. The molecule has 0 spiro atoms. The third kappa shape index (κ3) is 4.42. The molecule has 0 saturated carbocycles. The Morgan fingerprint density at radius 3 is 2.55 bits per heavy atom. The summed E-state index contributed by atoms with van der Waals surface area (Å²) in [7, 11) is 0. The predicted molar refractivity (Wildman–Crippen MR) is 43.7 cm³/mol. The zero-order chi connectivity index (χ0) is 8.85. The van der Waals surface area contributed by atoms with Gasteiger partial charge in [-0.25, -0.2) is 4.79 Å². The van der Waals surface area contributed by atoms with Crippen molar-refractivity contribution >= 4 is 5.97 Å². The number of allylic oxidation sites excluding steroid dienone is 1. The van der Waals surface area contributed by atoms with Gasteiger partial charge in [0.05, 0.1) is 6.61 Å². The van der Waals surface area contributed by atoms with E-state index < -0.39 is 0 Å². The van der Waals surface area contributed by atoms with Crippen molar-refractivity contribution in [2.75, 3.05) is 6.61 Å². The predicted octanol–water partition coefficient (Wildman–Crippen LogP) is 1.05. The lowest BCUT2D eigenvalue weighted by atomic mass is 10.1. The molecule has 0 radical (unpaired) electrons. The lowest BCUT2D eigenvalue weighted by molar-refractivity contribution is -0.137. The molecule has 0 aliphatic rings. The average Bonchev–Trinajstić information content (AvgIpc) is 1.87. The van der Waals surface area contributed by atoms with Gasteiger partial charge in [0.1, 0.15) is 0 Å². The van der Waals surface area contributed by atoms with Gasteiger partial charge in [-0.05, 0) is 12.8 Å². The molecular formula is C8H15NO2. The minimum absolute atomic E-state index is 0.194. The fraction of sp³-hybridized carbons (Fsp3) is 0.625. The van der Waals surface area contributed by atoms with Crippen LogP contribution < -0.4 is 5.73 Å². The number of esters is 1. The number of carbonyl (C=O) groups is 1. The molecule has 3 heteroatoms. The molecule has 3 nitrogen and oxygen atoms in total. The van der Waals surface area contributed by atoms with Gasteiger partial charge in [0.25, 0.3) is 0 Å². The first kappa shape index (κ1) is 10.0. The summed E-state index contributed by atoms with van der Waals surface area (Å²) in [5.74, 6) is -0.168. The summed E-state index contributed by atoms with van der Waals surface area (Å²) in [4.78, 5) is 10.8. The molecule has 64 valence electrons. The Kier molecular flexibility index (Phi) is 4.34. The fourth-order valence-corrected chi connectivity index (χ4v) is 0.487. The smallest absolute Gasteiger partial charge is 0.332 e.